The molecule has 84 valence electrons. The van der Waals surface area contributed by atoms with E-state index in [1.807, 2.05) is 0 Å². The zero-order valence-electron chi connectivity index (χ0n) is 8.27. The fourth-order valence-corrected chi connectivity index (χ4v) is 1.20. The number of hydrogen-bond donors (Lipinski definition) is 2. The molecule has 0 rings (SSSR count). The van der Waals surface area contributed by atoms with Crippen molar-refractivity contribution in [2.75, 3.05) is 13.1 Å². The van der Waals surface area contributed by atoms with Gasteiger partial charge in [-0.3, -0.25) is 14.5 Å². The summed E-state index contributed by atoms with van der Waals surface area (Å²) in [5.74, 6) is -2.16. The zero-order valence-corrected chi connectivity index (χ0v) is 9.08. The summed E-state index contributed by atoms with van der Waals surface area (Å²) >= 11 is 0. The molecule has 2 N–H and O–H groups in total. The van der Waals surface area contributed by atoms with Gasteiger partial charge in [-0.25, -0.2) is 0 Å². The van der Waals surface area contributed by atoms with E-state index < -0.39 is 18.0 Å². The average Bonchev–Trinajstić information content (AvgIpc) is 2.04. The van der Waals surface area contributed by atoms with E-state index in [9.17, 15) is 9.59 Å². The van der Waals surface area contributed by atoms with Crippen molar-refractivity contribution < 1.29 is 19.8 Å². The third-order valence-corrected chi connectivity index (χ3v) is 1.91. The van der Waals surface area contributed by atoms with E-state index in [0.29, 0.717) is 13.1 Å². The molecule has 0 unspecified atom stereocenters. The number of rotatable bonds is 6. The molecule has 0 bridgehead atoms. The van der Waals surface area contributed by atoms with Crippen LogP contribution in [0.2, 0.25) is 0 Å². The molecule has 5 nitrogen and oxygen atoms in total. The predicted molar refractivity (Wildman–Crippen MR) is 53.8 cm³/mol. The van der Waals surface area contributed by atoms with Crippen molar-refractivity contribution in [3.63, 3.8) is 0 Å². The Bertz CT molecular complexity index is 194. The largest absolute Gasteiger partial charge is 0.481 e. The van der Waals surface area contributed by atoms with Crippen molar-refractivity contribution in [3.05, 3.63) is 0 Å². The average molecular weight is 226 g/mol. The lowest BCUT2D eigenvalue weighted by molar-refractivity contribution is -0.149. The SMILES string of the molecule is CCN(CC)[C@@H](CC(=O)O)C(=O)O.Cl. The van der Waals surface area contributed by atoms with Gasteiger partial charge >= 0.3 is 11.9 Å². The summed E-state index contributed by atoms with van der Waals surface area (Å²) in [6.07, 6.45) is -0.350. The smallest absolute Gasteiger partial charge is 0.321 e. The van der Waals surface area contributed by atoms with Gasteiger partial charge in [-0.1, -0.05) is 13.8 Å². The van der Waals surface area contributed by atoms with Crippen molar-refractivity contribution in [1.29, 1.82) is 0 Å². The van der Waals surface area contributed by atoms with E-state index in [1.165, 1.54) is 0 Å². The fourth-order valence-electron chi connectivity index (χ4n) is 1.20. The van der Waals surface area contributed by atoms with Gasteiger partial charge in [-0.05, 0) is 13.1 Å². The molecule has 0 radical (unpaired) electrons. The molecule has 0 saturated heterocycles. The second kappa shape index (κ2) is 7.58. The van der Waals surface area contributed by atoms with Crippen LogP contribution >= 0.6 is 12.4 Å². The Morgan fingerprint density at radius 2 is 1.64 bits per heavy atom. The Morgan fingerprint density at radius 3 is 1.86 bits per heavy atom. The maximum atomic E-state index is 10.7. The molecule has 0 fully saturated rings. The first-order valence-electron chi connectivity index (χ1n) is 4.21. The molecule has 0 aromatic rings. The molecule has 0 heterocycles. The van der Waals surface area contributed by atoms with Crippen LogP contribution in [0.1, 0.15) is 20.3 Å². The van der Waals surface area contributed by atoms with Crippen molar-refractivity contribution in [2.45, 2.75) is 26.3 Å². The molecule has 0 aliphatic heterocycles. The summed E-state index contributed by atoms with van der Waals surface area (Å²) in [6, 6.07) is -0.910. The molecular formula is C8H16ClNO4. The Morgan fingerprint density at radius 1 is 1.21 bits per heavy atom. The van der Waals surface area contributed by atoms with Crippen LogP contribution in [0.25, 0.3) is 0 Å². The highest BCUT2D eigenvalue weighted by Gasteiger charge is 2.25. The van der Waals surface area contributed by atoms with Crippen LogP contribution in [0.3, 0.4) is 0 Å². The monoisotopic (exact) mass is 225 g/mol. The molecule has 1 atom stereocenters. The van der Waals surface area contributed by atoms with Gasteiger partial charge in [-0.2, -0.15) is 0 Å². The summed E-state index contributed by atoms with van der Waals surface area (Å²) < 4.78 is 0. The fraction of sp³-hybridized carbons (Fsp3) is 0.750. The maximum absolute atomic E-state index is 10.7. The Hall–Kier alpha value is -0.810. The molecule has 0 saturated carbocycles. The van der Waals surface area contributed by atoms with Gasteiger partial charge in [0.15, 0.2) is 0 Å². The number of aliphatic carboxylic acids is 2. The van der Waals surface area contributed by atoms with Gasteiger partial charge in [0.25, 0.3) is 0 Å². The van der Waals surface area contributed by atoms with E-state index in [0.717, 1.165) is 0 Å². The maximum Gasteiger partial charge on any atom is 0.321 e. The van der Waals surface area contributed by atoms with Crippen molar-refractivity contribution in [3.8, 4) is 0 Å². The zero-order chi connectivity index (χ0) is 10.4. The van der Waals surface area contributed by atoms with E-state index in [4.69, 9.17) is 10.2 Å². The Balaban J connectivity index is 0. The number of carboxylic acids is 2. The van der Waals surface area contributed by atoms with Crippen molar-refractivity contribution >= 4 is 24.3 Å². The summed E-state index contributed by atoms with van der Waals surface area (Å²) in [4.78, 5) is 22.7. The van der Waals surface area contributed by atoms with Crippen LogP contribution in [-0.4, -0.2) is 46.2 Å². The molecule has 0 aliphatic rings. The number of carboxylic acid groups (broad SMARTS) is 2. The van der Waals surface area contributed by atoms with Gasteiger partial charge in [0.2, 0.25) is 0 Å². The highest BCUT2D eigenvalue weighted by Crippen LogP contribution is 2.04. The van der Waals surface area contributed by atoms with Gasteiger partial charge in [0.1, 0.15) is 6.04 Å². The Labute approximate surface area is 89.1 Å². The van der Waals surface area contributed by atoms with Crippen LogP contribution in [0.4, 0.5) is 0 Å². The van der Waals surface area contributed by atoms with Crippen LogP contribution in [0, 0.1) is 0 Å². The Kier molecular flexibility index (Phi) is 8.48. The van der Waals surface area contributed by atoms with Crippen LogP contribution in [0.15, 0.2) is 0 Å². The molecule has 0 aromatic heterocycles. The number of nitrogens with zero attached hydrogens (tertiary/aromatic N) is 1. The lowest BCUT2D eigenvalue weighted by Gasteiger charge is -2.24. The summed E-state index contributed by atoms with van der Waals surface area (Å²) in [5, 5.41) is 17.2. The normalized spacial score (nSPS) is 11.9. The van der Waals surface area contributed by atoms with Gasteiger partial charge in [0, 0.05) is 0 Å². The third kappa shape index (κ3) is 5.04. The van der Waals surface area contributed by atoms with Crippen LogP contribution in [-0.2, 0) is 9.59 Å². The quantitative estimate of drug-likeness (QED) is 0.695. The number of halogens is 1. The number of likely N-dealkylation sites (N-methyl/N-ethyl adjacent to an activating group) is 1. The van der Waals surface area contributed by atoms with Gasteiger partial charge in [0.05, 0.1) is 6.42 Å². The number of carbonyl (C=O) groups is 2. The first-order chi connectivity index (χ1) is 6.02. The minimum atomic E-state index is -1.08. The molecule has 6 heteroatoms. The van der Waals surface area contributed by atoms with Crippen molar-refractivity contribution in [1.82, 2.24) is 4.90 Å². The summed E-state index contributed by atoms with van der Waals surface area (Å²) in [7, 11) is 0. The second-order valence-corrected chi connectivity index (χ2v) is 2.67. The number of hydrogen-bond acceptors (Lipinski definition) is 3. The molecule has 0 amide bonds. The van der Waals surface area contributed by atoms with Gasteiger partial charge in [-0.15, -0.1) is 12.4 Å². The minimum absolute atomic E-state index is 0. The van der Waals surface area contributed by atoms with E-state index in [2.05, 4.69) is 0 Å². The topological polar surface area (TPSA) is 77.8 Å². The molecule has 0 aliphatic carbocycles. The lowest BCUT2D eigenvalue weighted by Crippen LogP contribution is -2.42. The molecule has 14 heavy (non-hydrogen) atoms. The van der Waals surface area contributed by atoms with E-state index in [1.54, 1.807) is 18.7 Å². The van der Waals surface area contributed by atoms with Crippen LogP contribution < -0.4 is 0 Å². The highest BCUT2D eigenvalue weighted by atomic mass is 35.5. The lowest BCUT2D eigenvalue weighted by atomic mass is 10.2. The van der Waals surface area contributed by atoms with Crippen LogP contribution in [0.5, 0.6) is 0 Å². The first-order valence-corrected chi connectivity index (χ1v) is 4.21. The second-order valence-electron chi connectivity index (χ2n) is 2.67. The minimum Gasteiger partial charge on any atom is -0.481 e. The van der Waals surface area contributed by atoms with E-state index in [-0.39, 0.29) is 18.8 Å². The first kappa shape index (κ1) is 15.7. The predicted octanol–water partition coefficient (Wildman–Crippen LogP) is 0.678. The third-order valence-electron chi connectivity index (χ3n) is 1.91. The molecule has 0 aromatic carbocycles. The summed E-state index contributed by atoms with van der Waals surface area (Å²) in [6.45, 7) is 4.70. The highest BCUT2D eigenvalue weighted by molar-refractivity contribution is 5.85. The van der Waals surface area contributed by atoms with E-state index >= 15 is 0 Å². The standard InChI is InChI=1S/C8H15NO4.ClH/c1-3-9(4-2)6(8(12)13)5-7(10)11;/h6H,3-5H2,1-2H3,(H,10,11)(H,12,13);1H/t6-;/m0./s1. The van der Waals surface area contributed by atoms with Gasteiger partial charge < -0.3 is 10.2 Å². The molecule has 0 spiro atoms. The van der Waals surface area contributed by atoms with Crippen molar-refractivity contribution in [2.24, 2.45) is 0 Å². The molecular weight excluding hydrogens is 210 g/mol. The summed E-state index contributed by atoms with van der Waals surface area (Å²) in [5.41, 5.74) is 0.